The molecule has 0 unspecified atom stereocenters. The number of carbonyl (C=O) groups excluding carboxylic acids is 2. The minimum atomic E-state index is -1.31. The molecule has 1 aliphatic carbocycles. The second-order valence-corrected chi connectivity index (χ2v) is 7.59. The highest BCUT2D eigenvalue weighted by molar-refractivity contribution is 6.37. The number of hydrogen-bond acceptors (Lipinski definition) is 5. The molecule has 0 amide bonds. The standard InChI is InChI=1S/C22H23NO4/c1-14(2)26-21(25)20(24)22(3)19-17-12-8-7-9-15(17)13-18(19)23(27-22)16-10-5-4-6-11-16/h4-12,14,18-19H,13H2,1-3H3/t18-,19+,22+/m0/s1. The topological polar surface area (TPSA) is 55.8 Å². The number of para-hydroxylation sites is 1. The van der Waals surface area contributed by atoms with Crippen LogP contribution < -0.4 is 5.06 Å². The van der Waals surface area contributed by atoms with Crippen molar-refractivity contribution in [2.75, 3.05) is 5.06 Å². The van der Waals surface area contributed by atoms with Crippen molar-refractivity contribution in [1.29, 1.82) is 0 Å². The molecule has 0 N–H and O–H groups in total. The maximum Gasteiger partial charge on any atom is 0.378 e. The Kier molecular flexibility index (Phi) is 4.27. The molecule has 1 heterocycles. The molecule has 5 nitrogen and oxygen atoms in total. The maximum absolute atomic E-state index is 13.1. The summed E-state index contributed by atoms with van der Waals surface area (Å²) < 4.78 is 5.18. The molecule has 2 aromatic carbocycles. The molecule has 3 atom stereocenters. The van der Waals surface area contributed by atoms with Crippen LogP contribution in [-0.4, -0.2) is 29.5 Å². The number of hydrogen-bond donors (Lipinski definition) is 0. The zero-order valence-corrected chi connectivity index (χ0v) is 15.7. The summed E-state index contributed by atoms with van der Waals surface area (Å²) in [5.74, 6) is -1.71. The number of carbonyl (C=O) groups is 2. The van der Waals surface area contributed by atoms with Gasteiger partial charge in [-0.2, -0.15) is 0 Å². The van der Waals surface area contributed by atoms with Gasteiger partial charge in [-0.15, -0.1) is 0 Å². The fraction of sp³-hybridized carbons (Fsp3) is 0.364. The molecule has 0 bridgehead atoms. The summed E-state index contributed by atoms with van der Waals surface area (Å²) in [4.78, 5) is 31.7. The van der Waals surface area contributed by atoms with Crippen molar-refractivity contribution in [3.05, 3.63) is 65.7 Å². The Morgan fingerprint density at radius 2 is 1.78 bits per heavy atom. The average Bonchev–Trinajstić information content (AvgIpc) is 3.18. The first kappa shape index (κ1) is 17.7. The van der Waals surface area contributed by atoms with Crippen molar-refractivity contribution < 1.29 is 19.2 Å². The molecule has 0 saturated carbocycles. The summed E-state index contributed by atoms with van der Waals surface area (Å²) in [6.45, 7) is 5.17. The molecular formula is C22H23NO4. The molecule has 1 aliphatic heterocycles. The summed E-state index contributed by atoms with van der Waals surface area (Å²) in [7, 11) is 0. The van der Waals surface area contributed by atoms with E-state index in [9.17, 15) is 9.59 Å². The van der Waals surface area contributed by atoms with Gasteiger partial charge in [-0.1, -0.05) is 42.5 Å². The number of fused-ring (bicyclic) bond motifs is 3. The van der Waals surface area contributed by atoms with Gasteiger partial charge in [0.05, 0.1) is 17.8 Å². The van der Waals surface area contributed by atoms with Crippen LogP contribution in [0.25, 0.3) is 0 Å². The number of ether oxygens (including phenoxy) is 1. The Morgan fingerprint density at radius 1 is 1.11 bits per heavy atom. The van der Waals surface area contributed by atoms with Crippen molar-refractivity contribution in [2.24, 2.45) is 0 Å². The summed E-state index contributed by atoms with van der Waals surface area (Å²) in [5, 5.41) is 1.80. The number of hydroxylamine groups is 1. The van der Waals surface area contributed by atoms with Gasteiger partial charge >= 0.3 is 5.97 Å². The largest absolute Gasteiger partial charge is 0.457 e. The molecule has 0 radical (unpaired) electrons. The van der Waals surface area contributed by atoms with E-state index in [0.717, 1.165) is 17.7 Å². The average molecular weight is 365 g/mol. The van der Waals surface area contributed by atoms with Crippen molar-refractivity contribution in [3.63, 3.8) is 0 Å². The van der Waals surface area contributed by atoms with Gasteiger partial charge in [-0.05, 0) is 50.5 Å². The number of esters is 1. The number of benzene rings is 2. The van der Waals surface area contributed by atoms with Gasteiger partial charge < -0.3 is 4.74 Å². The highest BCUT2D eigenvalue weighted by atomic mass is 16.7. The summed E-state index contributed by atoms with van der Waals surface area (Å²) in [5.41, 5.74) is 1.81. The van der Waals surface area contributed by atoms with E-state index in [1.54, 1.807) is 25.8 Å². The van der Waals surface area contributed by atoms with Gasteiger partial charge in [-0.25, -0.2) is 9.86 Å². The van der Waals surface area contributed by atoms with E-state index in [1.807, 2.05) is 48.5 Å². The molecule has 0 spiro atoms. The first-order chi connectivity index (χ1) is 12.9. The van der Waals surface area contributed by atoms with Crippen molar-refractivity contribution in [3.8, 4) is 0 Å². The number of anilines is 1. The maximum atomic E-state index is 13.1. The second-order valence-electron chi connectivity index (χ2n) is 7.59. The van der Waals surface area contributed by atoms with Crippen molar-refractivity contribution in [2.45, 2.75) is 50.9 Å². The molecule has 4 rings (SSSR count). The van der Waals surface area contributed by atoms with Crippen molar-refractivity contribution in [1.82, 2.24) is 0 Å². The van der Waals surface area contributed by atoms with Crippen LogP contribution in [0.5, 0.6) is 0 Å². The van der Waals surface area contributed by atoms with Crippen LogP contribution in [0.2, 0.25) is 0 Å². The van der Waals surface area contributed by atoms with E-state index >= 15 is 0 Å². The second kappa shape index (κ2) is 6.50. The summed E-state index contributed by atoms with van der Waals surface area (Å²) in [6.07, 6.45) is 0.404. The van der Waals surface area contributed by atoms with Crippen LogP contribution in [0.3, 0.4) is 0 Å². The highest BCUT2D eigenvalue weighted by Crippen LogP contribution is 2.51. The fourth-order valence-electron chi connectivity index (χ4n) is 4.26. The molecule has 1 saturated heterocycles. The Bertz CT molecular complexity index is 879. The Morgan fingerprint density at radius 3 is 2.48 bits per heavy atom. The molecule has 140 valence electrons. The lowest BCUT2D eigenvalue weighted by Crippen LogP contribution is -2.46. The van der Waals surface area contributed by atoms with E-state index < -0.39 is 17.4 Å². The van der Waals surface area contributed by atoms with Gasteiger partial charge in [0.25, 0.3) is 5.78 Å². The SMILES string of the molecule is CC(C)OC(=O)C(=O)[C@]1(C)ON(c2ccccc2)[C@H]2Cc3ccccc3[C@H]21. The Hall–Kier alpha value is -2.66. The summed E-state index contributed by atoms with van der Waals surface area (Å²) >= 11 is 0. The quantitative estimate of drug-likeness (QED) is 0.614. The smallest absolute Gasteiger partial charge is 0.378 e. The van der Waals surface area contributed by atoms with E-state index in [1.165, 1.54) is 5.56 Å². The Balaban J connectivity index is 1.77. The van der Waals surface area contributed by atoms with Crippen LogP contribution in [-0.2, 0) is 25.6 Å². The first-order valence-corrected chi connectivity index (χ1v) is 9.28. The van der Waals surface area contributed by atoms with E-state index in [4.69, 9.17) is 9.57 Å². The number of rotatable bonds is 4. The van der Waals surface area contributed by atoms with E-state index in [2.05, 4.69) is 6.07 Å². The van der Waals surface area contributed by atoms with Gasteiger partial charge in [-0.3, -0.25) is 9.63 Å². The molecule has 5 heteroatoms. The van der Waals surface area contributed by atoms with Gasteiger partial charge in [0.2, 0.25) is 0 Å². The first-order valence-electron chi connectivity index (χ1n) is 9.28. The number of nitrogens with zero attached hydrogens (tertiary/aromatic N) is 1. The molecule has 2 aromatic rings. The zero-order valence-electron chi connectivity index (χ0n) is 15.7. The third-order valence-electron chi connectivity index (χ3n) is 5.38. The third kappa shape index (κ3) is 2.82. The van der Waals surface area contributed by atoms with Gasteiger partial charge in [0, 0.05) is 5.92 Å². The van der Waals surface area contributed by atoms with Crippen LogP contribution in [0, 0.1) is 0 Å². The predicted molar refractivity (Wildman–Crippen MR) is 101 cm³/mol. The van der Waals surface area contributed by atoms with Gasteiger partial charge in [0.1, 0.15) is 0 Å². The summed E-state index contributed by atoms with van der Waals surface area (Å²) in [6, 6.07) is 17.7. The monoisotopic (exact) mass is 365 g/mol. The molecule has 27 heavy (non-hydrogen) atoms. The normalized spacial score (nSPS) is 26.0. The molecule has 1 fully saturated rings. The number of Topliss-reactive ketones (excluding diaryl/α,β-unsaturated/α-hetero) is 1. The minimum absolute atomic E-state index is 0.0504. The van der Waals surface area contributed by atoms with Crippen molar-refractivity contribution >= 4 is 17.4 Å². The molecule has 0 aromatic heterocycles. The van der Waals surface area contributed by atoms with Crippen LogP contribution in [0.15, 0.2) is 54.6 Å². The highest BCUT2D eigenvalue weighted by Gasteiger charge is 2.61. The zero-order chi connectivity index (χ0) is 19.2. The minimum Gasteiger partial charge on any atom is -0.457 e. The Labute approximate surface area is 158 Å². The molecule has 2 aliphatic rings. The fourth-order valence-corrected chi connectivity index (χ4v) is 4.26. The van der Waals surface area contributed by atoms with E-state index in [0.29, 0.717) is 0 Å². The predicted octanol–water partition coefficient (Wildman–Crippen LogP) is 3.43. The van der Waals surface area contributed by atoms with E-state index in [-0.39, 0.29) is 18.1 Å². The lowest BCUT2D eigenvalue weighted by molar-refractivity contribution is -0.166. The van der Waals surface area contributed by atoms with Crippen LogP contribution in [0.1, 0.15) is 37.8 Å². The van der Waals surface area contributed by atoms with Gasteiger partial charge in [0.15, 0.2) is 5.60 Å². The third-order valence-corrected chi connectivity index (χ3v) is 5.38. The molecular weight excluding hydrogens is 342 g/mol. The van der Waals surface area contributed by atoms with Crippen LogP contribution in [0.4, 0.5) is 5.69 Å². The lowest BCUT2D eigenvalue weighted by atomic mass is 9.80. The van der Waals surface area contributed by atoms with Crippen LogP contribution >= 0.6 is 0 Å². The lowest BCUT2D eigenvalue weighted by Gasteiger charge is -2.27. The number of ketones is 1.